The molecule has 0 fully saturated rings. The first-order valence-corrected chi connectivity index (χ1v) is 10.5. The standard InChI is InChI=1S/C19H13BrF2O5S/c1-10-16(20)17(23)19(27-15-8-5-12(21)9-14(15)22)18(26-10)11-3-6-13(7-4-11)28(2,24)25/h3-9H,1-2H3. The molecule has 0 bridgehead atoms. The predicted octanol–water partition coefficient (Wildman–Crippen LogP) is 4.85. The summed E-state index contributed by atoms with van der Waals surface area (Å²) in [7, 11) is -3.41. The van der Waals surface area contributed by atoms with Crippen LogP contribution < -0.4 is 10.2 Å². The Hall–Kier alpha value is -2.52. The summed E-state index contributed by atoms with van der Waals surface area (Å²) in [5.74, 6) is -2.24. The smallest absolute Gasteiger partial charge is 0.242 e. The molecular formula is C19H13BrF2O5S. The quantitative estimate of drug-likeness (QED) is 0.544. The molecule has 146 valence electrons. The number of hydrogen-bond donors (Lipinski definition) is 0. The van der Waals surface area contributed by atoms with Crippen LogP contribution in [0.25, 0.3) is 11.3 Å². The molecular weight excluding hydrogens is 458 g/mol. The third-order valence-corrected chi connectivity index (χ3v) is 5.87. The molecule has 3 aromatic rings. The van der Waals surface area contributed by atoms with E-state index in [4.69, 9.17) is 9.15 Å². The monoisotopic (exact) mass is 470 g/mol. The van der Waals surface area contributed by atoms with Gasteiger partial charge in [0.1, 0.15) is 16.1 Å². The van der Waals surface area contributed by atoms with Crippen LogP contribution in [0, 0.1) is 18.6 Å². The lowest BCUT2D eigenvalue weighted by Gasteiger charge is -2.12. The highest BCUT2D eigenvalue weighted by atomic mass is 79.9. The Balaban J connectivity index is 2.17. The Kier molecular flexibility index (Phi) is 5.40. The van der Waals surface area contributed by atoms with Crippen LogP contribution in [-0.4, -0.2) is 14.7 Å². The second-order valence-electron chi connectivity index (χ2n) is 5.93. The molecule has 2 aromatic carbocycles. The van der Waals surface area contributed by atoms with E-state index >= 15 is 0 Å². The molecule has 1 heterocycles. The predicted molar refractivity (Wildman–Crippen MR) is 102 cm³/mol. The molecule has 0 radical (unpaired) electrons. The lowest BCUT2D eigenvalue weighted by Crippen LogP contribution is -2.09. The van der Waals surface area contributed by atoms with Crippen molar-refractivity contribution in [3.63, 3.8) is 0 Å². The second-order valence-corrected chi connectivity index (χ2v) is 8.74. The van der Waals surface area contributed by atoms with Crippen molar-refractivity contribution in [3.8, 4) is 22.8 Å². The van der Waals surface area contributed by atoms with Crippen molar-refractivity contribution < 1.29 is 26.4 Å². The summed E-state index contributed by atoms with van der Waals surface area (Å²) in [6.45, 7) is 1.54. The number of ether oxygens (including phenoxy) is 1. The first-order chi connectivity index (χ1) is 13.1. The Morgan fingerprint density at radius 3 is 2.29 bits per heavy atom. The Morgan fingerprint density at radius 2 is 1.71 bits per heavy atom. The first-order valence-electron chi connectivity index (χ1n) is 7.84. The Morgan fingerprint density at radius 1 is 1.07 bits per heavy atom. The Bertz CT molecular complexity index is 1220. The van der Waals surface area contributed by atoms with Gasteiger partial charge in [-0.3, -0.25) is 4.79 Å². The minimum atomic E-state index is -3.41. The minimum Gasteiger partial charge on any atom is -0.456 e. The molecule has 28 heavy (non-hydrogen) atoms. The van der Waals surface area contributed by atoms with Gasteiger partial charge in [-0.1, -0.05) is 0 Å². The van der Waals surface area contributed by atoms with Crippen LogP contribution in [0.5, 0.6) is 11.5 Å². The molecule has 3 rings (SSSR count). The fourth-order valence-corrected chi connectivity index (χ4v) is 3.30. The fraction of sp³-hybridized carbons (Fsp3) is 0.105. The summed E-state index contributed by atoms with van der Waals surface area (Å²) in [4.78, 5) is 12.8. The lowest BCUT2D eigenvalue weighted by molar-refractivity contribution is 0.410. The summed E-state index contributed by atoms with van der Waals surface area (Å²) in [6, 6.07) is 8.25. The van der Waals surface area contributed by atoms with Gasteiger partial charge < -0.3 is 9.15 Å². The van der Waals surface area contributed by atoms with Gasteiger partial charge in [0, 0.05) is 17.9 Å². The molecule has 0 unspecified atom stereocenters. The van der Waals surface area contributed by atoms with Gasteiger partial charge in [0.05, 0.1) is 4.90 Å². The van der Waals surface area contributed by atoms with E-state index in [1.165, 1.54) is 24.3 Å². The van der Waals surface area contributed by atoms with E-state index < -0.39 is 26.9 Å². The van der Waals surface area contributed by atoms with E-state index in [1.54, 1.807) is 6.92 Å². The van der Waals surface area contributed by atoms with Crippen LogP contribution in [0.2, 0.25) is 0 Å². The highest BCUT2D eigenvalue weighted by molar-refractivity contribution is 9.10. The minimum absolute atomic E-state index is 0.0190. The molecule has 0 saturated heterocycles. The maximum Gasteiger partial charge on any atom is 0.242 e. The molecule has 0 saturated carbocycles. The van der Waals surface area contributed by atoms with Crippen LogP contribution in [0.3, 0.4) is 0 Å². The number of hydrogen-bond acceptors (Lipinski definition) is 5. The average Bonchev–Trinajstić information content (AvgIpc) is 2.63. The largest absolute Gasteiger partial charge is 0.456 e. The van der Waals surface area contributed by atoms with E-state index in [1.807, 2.05) is 0 Å². The zero-order chi connectivity index (χ0) is 20.6. The molecule has 0 atom stereocenters. The summed E-state index contributed by atoms with van der Waals surface area (Å²) in [5, 5.41) is 0. The number of benzene rings is 2. The highest BCUT2D eigenvalue weighted by Crippen LogP contribution is 2.35. The van der Waals surface area contributed by atoms with Gasteiger partial charge in [0.15, 0.2) is 27.2 Å². The summed E-state index contributed by atoms with van der Waals surface area (Å²) >= 11 is 3.10. The zero-order valence-corrected chi connectivity index (χ0v) is 17.0. The van der Waals surface area contributed by atoms with Crippen LogP contribution in [0.1, 0.15) is 5.76 Å². The van der Waals surface area contributed by atoms with E-state index in [-0.39, 0.29) is 32.4 Å². The first kappa shape index (κ1) is 20.2. The molecule has 0 spiro atoms. The van der Waals surface area contributed by atoms with E-state index in [2.05, 4.69) is 15.9 Å². The summed E-state index contributed by atoms with van der Waals surface area (Å²) in [5.41, 5.74) is -0.257. The summed E-state index contributed by atoms with van der Waals surface area (Å²) < 4.78 is 61.5. The third-order valence-electron chi connectivity index (χ3n) is 3.83. The van der Waals surface area contributed by atoms with Crippen molar-refractivity contribution >= 4 is 25.8 Å². The number of sulfone groups is 1. The van der Waals surface area contributed by atoms with Crippen molar-refractivity contribution in [2.24, 2.45) is 0 Å². The lowest BCUT2D eigenvalue weighted by atomic mass is 10.1. The molecule has 1 aromatic heterocycles. The maximum atomic E-state index is 14.0. The second kappa shape index (κ2) is 7.48. The van der Waals surface area contributed by atoms with Gasteiger partial charge in [-0.15, -0.1) is 0 Å². The maximum absolute atomic E-state index is 14.0. The van der Waals surface area contributed by atoms with Crippen LogP contribution in [-0.2, 0) is 9.84 Å². The normalized spacial score (nSPS) is 11.5. The van der Waals surface area contributed by atoms with Gasteiger partial charge in [0.25, 0.3) is 0 Å². The fourth-order valence-electron chi connectivity index (χ4n) is 2.41. The van der Waals surface area contributed by atoms with Crippen LogP contribution in [0.4, 0.5) is 8.78 Å². The third kappa shape index (κ3) is 4.00. The zero-order valence-electron chi connectivity index (χ0n) is 14.6. The van der Waals surface area contributed by atoms with Gasteiger partial charge in [-0.2, -0.15) is 0 Å². The average molecular weight is 471 g/mol. The van der Waals surface area contributed by atoms with Crippen LogP contribution in [0.15, 0.2) is 61.0 Å². The molecule has 0 aliphatic heterocycles. The molecule has 0 amide bonds. The molecule has 5 nitrogen and oxygen atoms in total. The number of aryl methyl sites for hydroxylation is 1. The van der Waals surface area contributed by atoms with Gasteiger partial charge in [0.2, 0.25) is 11.2 Å². The topological polar surface area (TPSA) is 73.6 Å². The van der Waals surface area contributed by atoms with Gasteiger partial charge >= 0.3 is 0 Å². The molecule has 0 aliphatic carbocycles. The summed E-state index contributed by atoms with van der Waals surface area (Å²) in [6.07, 6.45) is 1.07. The number of halogens is 3. The Labute approximate surface area is 167 Å². The van der Waals surface area contributed by atoms with Crippen molar-refractivity contribution in [1.29, 1.82) is 0 Å². The molecule has 0 aliphatic rings. The molecule has 0 N–H and O–H groups in total. The van der Waals surface area contributed by atoms with Crippen molar-refractivity contribution in [3.05, 3.63) is 74.6 Å². The molecule has 9 heteroatoms. The van der Waals surface area contributed by atoms with Gasteiger partial charge in [-0.25, -0.2) is 17.2 Å². The number of rotatable bonds is 4. The van der Waals surface area contributed by atoms with Crippen molar-refractivity contribution in [2.45, 2.75) is 11.8 Å². The van der Waals surface area contributed by atoms with E-state index in [0.29, 0.717) is 11.6 Å². The highest BCUT2D eigenvalue weighted by Gasteiger charge is 2.21. The van der Waals surface area contributed by atoms with Crippen molar-refractivity contribution in [1.82, 2.24) is 0 Å². The van der Waals surface area contributed by atoms with Crippen LogP contribution >= 0.6 is 15.9 Å². The van der Waals surface area contributed by atoms with Gasteiger partial charge in [-0.05, 0) is 59.3 Å². The van der Waals surface area contributed by atoms with E-state index in [9.17, 15) is 22.0 Å². The van der Waals surface area contributed by atoms with E-state index in [0.717, 1.165) is 18.4 Å². The van der Waals surface area contributed by atoms with Crippen molar-refractivity contribution in [2.75, 3.05) is 6.26 Å². The SMILES string of the molecule is Cc1oc(-c2ccc(S(C)(=O)=O)cc2)c(Oc2ccc(F)cc2F)c(=O)c1Br.